The third kappa shape index (κ3) is 3.18. The van der Waals surface area contributed by atoms with Crippen LogP contribution in [-0.4, -0.2) is 35.8 Å². The van der Waals surface area contributed by atoms with Gasteiger partial charge in [0.25, 0.3) is 5.91 Å². The van der Waals surface area contributed by atoms with Crippen LogP contribution < -0.4 is 19.5 Å². The van der Waals surface area contributed by atoms with E-state index in [0.717, 1.165) is 22.8 Å². The minimum absolute atomic E-state index is 0.275. The molecular formula is C18H15N3O4S. The van der Waals surface area contributed by atoms with E-state index in [1.54, 1.807) is 25.3 Å². The van der Waals surface area contributed by atoms with Crippen LogP contribution in [0.15, 0.2) is 42.5 Å². The topological polar surface area (TPSA) is 82.6 Å². The lowest BCUT2D eigenvalue weighted by atomic mass is 10.1. The van der Waals surface area contributed by atoms with Crippen LogP contribution in [0.3, 0.4) is 0 Å². The van der Waals surface area contributed by atoms with Gasteiger partial charge in [-0.15, -0.1) is 5.10 Å². The highest BCUT2D eigenvalue weighted by atomic mass is 32.1. The molecule has 0 radical (unpaired) electrons. The predicted octanol–water partition coefficient (Wildman–Crippen LogP) is 3.24. The number of methoxy groups -OCH3 is 1. The van der Waals surface area contributed by atoms with E-state index in [-0.39, 0.29) is 5.91 Å². The first kappa shape index (κ1) is 16.3. The molecule has 0 fully saturated rings. The Hall–Kier alpha value is -3.13. The summed E-state index contributed by atoms with van der Waals surface area (Å²) >= 11 is 1.05. The second-order valence-electron chi connectivity index (χ2n) is 5.49. The van der Waals surface area contributed by atoms with Crippen LogP contribution in [0.5, 0.6) is 17.2 Å². The number of fused-ring (bicyclic) bond motifs is 1. The zero-order valence-electron chi connectivity index (χ0n) is 13.9. The van der Waals surface area contributed by atoms with Crippen LogP contribution in [0, 0.1) is 0 Å². The fraction of sp³-hybridized carbons (Fsp3) is 0.167. The molecule has 1 aliphatic heterocycles. The van der Waals surface area contributed by atoms with E-state index in [1.165, 1.54) is 0 Å². The summed E-state index contributed by atoms with van der Waals surface area (Å²) in [6.45, 7) is 1.02. The lowest BCUT2D eigenvalue weighted by molar-refractivity contribution is 0.103. The monoisotopic (exact) mass is 369 g/mol. The van der Waals surface area contributed by atoms with Gasteiger partial charge < -0.3 is 19.5 Å². The molecule has 2 aromatic carbocycles. The minimum atomic E-state index is -0.275. The zero-order chi connectivity index (χ0) is 17.9. The fourth-order valence-corrected chi connectivity index (χ4v) is 3.17. The van der Waals surface area contributed by atoms with Gasteiger partial charge in [-0.3, -0.25) is 4.79 Å². The fourth-order valence-electron chi connectivity index (χ4n) is 2.59. The highest BCUT2D eigenvalue weighted by molar-refractivity contribution is 7.08. The molecule has 0 saturated heterocycles. The number of carbonyl (C=O) groups is 1. The van der Waals surface area contributed by atoms with Crippen LogP contribution in [0.4, 0.5) is 5.69 Å². The van der Waals surface area contributed by atoms with Crippen molar-refractivity contribution in [3.05, 3.63) is 47.3 Å². The molecule has 1 N–H and O–H groups in total. The molecule has 0 spiro atoms. The molecule has 3 aromatic rings. The van der Waals surface area contributed by atoms with E-state index in [2.05, 4.69) is 14.9 Å². The summed E-state index contributed by atoms with van der Waals surface area (Å²) < 4.78 is 20.1. The van der Waals surface area contributed by atoms with Crippen LogP contribution >= 0.6 is 11.5 Å². The largest absolute Gasteiger partial charge is 0.497 e. The summed E-state index contributed by atoms with van der Waals surface area (Å²) in [6.07, 6.45) is 0. The Balaban J connectivity index is 1.56. The Kier molecular flexibility index (Phi) is 4.40. The maximum Gasteiger partial charge on any atom is 0.269 e. The molecule has 1 aliphatic rings. The van der Waals surface area contributed by atoms with Gasteiger partial charge in [-0.05, 0) is 47.9 Å². The average Bonchev–Trinajstić information content (AvgIpc) is 3.18. The SMILES string of the molecule is COc1ccc(-c2nnsc2C(=O)Nc2ccc3c(c2)OCCO3)cc1. The molecule has 0 bridgehead atoms. The van der Waals surface area contributed by atoms with E-state index in [0.29, 0.717) is 41.0 Å². The van der Waals surface area contributed by atoms with Crippen molar-refractivity contribution in [1.82, 2.24) is 9.59 Å². The lowest BCUT2D eigenvalue weighted by Crippen LogP contribution is -2.16. The number of nitrogens with zero attached hydrogens (tertiary/aromatic N) is 2. The number of benzene rings is 2. The third-order valence-corrected chi connectivity index (χ3v) is 4.58. The van der Waals surface area contributed by atoms with Gasteiger partial charge in [0.15, 0.2) is 11.5 Å². The quantitative estimate of drug-likeness (QED) is 0.760. The van der Waals surface area contributed by atoms with E-state index in [9.17, 15) is 4.79 Å². The van der Waals surface area contributed by atoms with Gasteiger partial charge in [0.1, 0.15) is 29.5 Å². The van der Waals surface area contributed by atoms with Crippen molar-refractivity contribution in [3.63, 3.8) is 0 Å². The number of amides is 1. The summed E-state index contributed by atoms with van der Waals surface area (Å²) in [7, 11) is 1.60. The molecular weight excluding hydrogens is 354 g/mol. The van der Waals surface area contributed by atoms with Crippen molar-refractivity contribution >= 4 is 23.1 Å². The Morgan fingerprint density at radius 3 is 2.65 bits per heavy atom. The number of nitrogens with one attached hydrogen (secondary N) is 1. The van der Waals surface area contributed by atoms with Gasteiger partial charge >= 0.3 is 0 Å². The van der Waals surface area contributed by atoms with Gasteiger partial charge in [0.2, 0.25) is 0 Å². The van der Waals surface area contributed by atoms with E-state index in [4.69, 9.17) is 14.2 Å². The molecule has 0 saturated carbocycles. The molecule has 26 heavy (non-hydrogen) atoms. The molecule has 0 aliphatic carbocycles. The molecule has 1 aromatic heterocycles. The lowest BCUT2D eigenvalue weighted by Gasteiger charge is -2.18. The van der Waals surface area contributed by atoms with Crippen molar-refractivity contribution in [2.75, 3.05) is 25.6 Å². The van der Waals surface area contributed by atoms with Crippen molar-refractivity contribution in [2.45, 2.75) is 0 Å². The first-order valence-corrected chi connectivity index (χ1v) is 8.70. The Labute approximate surface area is 153 Å². The molecule has 0 unspecified atom stereocenters. The number of anilines is 1. The molecule has 4 rings (SSSR count). The zero-order valence-corrected chi connectivity index (χ0v) is 14.7. The molecule has 7 nitrogen and oxygen atoms in total. The number of carbonyl (C=O) groups excluding carboxylic acids is 1. The molecule has 8 heteroatoms. The highest BCUT2D eigenvalue weighted by Crippen LogP contribution is 2.33. The Morgan fingerprint density at radius 1 is 1.12 bits per heavy atom. The van der Waals surface area contributed by atoms with Crippen molar-refractivity contribution in [1.29, 1.82) is 0 Å². The smallest absolute Gasteiger partial charge is 0.269 e. The van der Waals surface area contributed by atoms with Crippen molar-refractivity contribution in [3.8, 4) is 28.5 Å². The van der Waals surface area contributed by atoms with Crippen molar-refractivity contribution < 1.29 is 19.0 Å². The first-order valence-electron chi connectivity index (χ1n) is 7.92. The highest BCUT2D eigenvalue weighted by Gasteiger charge is 2.19. The number of ether oxygens (including phenoxy) is 3. The van der Waals surface area contributed by atoms with E-state index in [1.807, 2.05) is 24.3 Å². The van der Waals surface area contributed by atoms with Gasteiger partial charge in [-0.2, -0.15) is 0 Å². The molecule has 1 amide bonds. The first-order chi connectivity index (χ1) is 12.7. The molecule has 0 atom stereocenters. The van der Waals surface area contributed by atoms with Crippen molar-refractivity contribution in [2.24, 2.45) is 0 Å². The summed E-state index contributed by atoms with van der Waals surface area (Å²) in [6, 6.07) is 12.6. The number of aromatic nitrogens is 2. The maximum absolute atomic E-state index is 12.7. The standard InChI is InChI=1S/C18H15N3O4S/c1-23-13-5-2-11(3-6-13)16-17(26-21-20-16)18(22)19-12-4-7-14-15(10-12)25-9-8-24-14/h2-7,10H,8-9H2,1H3,(H,19,22). The Morgan fingerprint density at radius 2 is 1.88 bits per heavy atom. The molecule has 132 valence electrons. The van der Waals surface area contributed by atoms with Gasteiger partial charge in [-0.1, -0.05) is 4.49 Å². The van der Waals surface area contributed by atoms with Crippen LogP contribution in [0.2, 0.25) is 0 Å². The second-order valence-corrected chi connectivity index (χ2v) is 6.25. The summed E-state index contributed by atoms with van der Waals surface area (Å²) in [5, 5.41) is 6.96. The minimum Gasteiger partial charge on any atom is -0.497 e. The molecule has 2 heterocycles. The van der Waals surface area contributed by atoms with Crippen LogP contribution in [0.25, 0.3) is 11.3 Å². The number of hydrogen-bond acceptors (Lipinski definition) is 7. The third-order valence-electron chi connectivity index (χ3n) is 3.86. The van der Waals surface area contributed by atoms with Gasteiger partial charge in [-0.25, -0.2) is 0 Å². The van der Waals surface area contributed by atoms with Crippen LogP contribution in [-0.2, 0) is 0 Å². The Bertz CT molecular complexity index is 940. The van der Waals surface area contributed by atoms with Crippen LogP contribution in [0.1, 0.15) is 9.67 Å². The van der Waals surface area contributed by atoms with Gasteiger partial charge in [0, 0.05) is 17.3 Å². The van der Waals surface area contributed by atoms with E-state index >= 15 is 0 Å². The second kappa shape index (κ2) is 7.01. The summed E-state index contributed by atoms with van der Waals surface area (Å²) in [4.78, 5) is 13.1. The normalized spacial score (nSPS) is 12.5. The number of rotatable bonds is 4. The summed E-state index contributed by atoms with van der Waals surface area (Å²) in [5.41, 5.74) is 1.95. The predicted molar refractivity (Wildman–Crippen MR) is 97.3 cm³/mol. The maximum atomic E-state index is 12.7. The van der Waals surface area contributed by atoms with Gasteiger partial charge in [0.05, 0.1) is 7.11 Å². The summed E-state index contributed by atoms with van der Waals surface area (Å²) in [5.74, 6) is 1.75. The van der Waals surface area contributed by atoms with E-state index < -0.39 is 0 Å². The number of hydrogen-bond donors (Lipinski definition) is 1. The average molecular weight is 369 g/mol.